The molecular formula is C7H16NNaO6S. The van der Waals surface area contributed by atoms with Crippen molar-refractivity contribution in [2.75, 3.05) is 26.4 Å². The van der Waals surface area contributed by atoms with E-state index in [0.717, 1.165) is 6.08 Å². The van der Waals surface area contributed by atoms with Crippen LogP contribution in [-0.4, -0.2) is 89.8 Å². The summed E-state index contributed by atoms with van der Waals surface area (Å²) in [5.41, 5.74) is -1.26. The number of hydrogen-bond donors (Lipinski definition) is 5. The first-order valence-corrected chi connectivity index (χ1v) is 5.61. The number of hydrogen-bond acceptors (Lipinski definition) is 6. The van der Waals surface area contributed by atoms with Crippen LogP contribution < -0.4 is 5.32 Å². The van der Waals surface area contributed by atoms with Crippen LogP contribution in [-0.2, 0) is 10.1 Å². The van der Waals surface area contributed by atoms with Crippen molar-refractivity contribution in [1.82, 2.24) is 5.32 Å². The van der Waals surface area contributed by atoms with E-state index < -0.39 is 35.5 Å². The van der Waals surface area contributed by atoms with E-state index in [4.69, 9.17) is 19.9 Å². The Balaban J connectivity index is 0. The van der Waals surface area contributed by atoms with Crippen molar-refractivity contribution in [3.05, 3.63) is 11.5 Å². The molecule has 0 aromatic heterocycles. The molecule has 92 valence electrons. The SMILES string of the molecule is O=S(=O)(O)C=CCNC(CO)(CO)CO.[NaH]. The van der Waals surface area contributed by atoms with Crippen LogP contribution in [0.15, 0.2) is 11.5 Å². The Bertz CT molecular complexity index is 292. The molecule has 0 aromatic carbocycles. The van der Waals surface area contributed by atoms with E-state index in [0.29, 0.717) is 5.41 Å². The van der Waals surface area contributed by atoms with E-state index in [-0.39, 0.29) is 36.1 Å². The molecule has 5 N–H and O–H groups in total. The van der Waals surface area contributed by atoms with Crippen LogP contribution in [0.1, 0.15) is 0 Å². The number of aliphatic hydroxyl groups is 3. The third-order valence-corrected chi connectivity index (χ3v) is 2.31. The van der Waals surface area contributed by atoms with Crippen LogP contribution >= 0.6 is 0 Å². The van der Waals surface area contributed by atoms with Crippen molar-refractivity contribution in [3.63, 3.8) is 0 Å². The summed E-state index contributed by atoms with van der Waals surface area (Å²) in [6.45, 7) is -1.53. The van der Waals surface area contributed by atoms with Crippen LogP contribution in [0.25, 0.3) is 0 Å². The second-order valence-electron chi connectivity index (χ2n) is 3.02. The molecule has 0 saturated carbocycles. The van der Waals surface area contributed by atoms with Gasteiger partial charge in [-0.2, -0.15) is 8.42 Å². The van der Waals surface area contributed by atoms with Gasteiger partial charge in [-0.25, -0.2) is 0 Å². The van der Waals surface area contributed by atoms with Crippen molar-refractivity contribution >= 4 is 39.7 Å². The van der Waals surface area contributed by atoms with Crippen LogP contribution in [0, 0.1) is 0 Å². The average molecular weight is 265 g/mol. The van der Waals surface area contributed by atoms with E-state index in [2.05, 4.69) is 5.32 Å². The Morgan fingerprint density at radius 1 is 1.12 bits per heavy atom. The molecule has 0 rings (SSSR count). The molecule has 0 aromatic rings. The first-order valence-electron chi connectivity index (χ1n) is 4.11. The van der Waals surface area contributed by atoms with E-state index >= 15 is 0 Å². The second kappa shape index (κ2) is 8.56. The Morgan fingerprint density at radius 3 is 1.88 bits per heavy atom. The fourth-order valence-electron chi connectivity index (χ4n) is 0.763. The molecule has 0 amide bonds. The quantitative estimate of drug-likeness (QED) is 0.246. The van der Waals surface area contributed by atoms with E-state index in [1.165, 1.54) is 0 Å². The molecule has 16 heavy (non-hydrogen) atoms. The average Bonchev–Trinajstić information content (AvgIpc) is 2.18. The van der Waals surface area contributed by atoms with Gasteiger partial charge in [0.2, 0.25) is 0 Å². The molecule has 0 atom stereocenters. The van der Waals surface area contributed by atoms with Gasteiger partial charge < -0.3 is 20.6 Å². The number of rotatable bonds is 7. The summed E-state index contributed by atoms with van der Waals surface area (Å²) in [5.74, 6) is 0. The fourth-order valence-corrected chi connectivity index (χ4v) is 1.10. The topological polar surface area (TPSA) is 127 Å². The van der Waals surface area contributed by atoms with Gasteiger partial charge in [0.15, 0.2) is 0 Å². The molecular weight excluding hydrogens is 249 g/mol. The maximum atomic E-state index is 10.3. The van der Waals surface area contributed by atoms with E-state index in [1.54, 1.807) is 0 Å². The molecule has 0 bridgehead atoms. The summed E-state index contributed by atoms with van der Waals surface area (Å²) in [6.07, 6.45) is 1.09. The summed E-state index contributed by atoms with van der Waals surface area (Å²) in [5, 5.41) is 29.7. The Labute approximate surface area is 116 Å². The summed E-state index contributed by atoms with van der Waals surface area (Å²) < 4.78 is 28.8. The van der Waals surface area contributed by atoms with Crippen LogP contribution in [0.2, 0.25) is 0 Å². The molecule has 0 aliphatic rings. The Kier molecular flexibility index (Phi) is 10.1. The van der Waals surface area contributed by atoms with E-state index in [1.807, 2.05) is 0 Å². The standard InChI is InChI=1S/C7H15NO6S.Na.H/c9-4-7(5-10,6-11)8-2-1-3-15(12,13)14;;/h1,3,8-11H,2,4-6H2,(H,12,13,14);;. The molecule has 0 radical (unpaired) electrons. The minimum atomic E-state index is -4.17. The van der Waals surface area contributed by atoms with Crippen LogP contribution in [0.3, 0.4) is 0 Å². The fraction of sp³-hybridized carbons (Fsp3) is 0.714. The molecule has 0 spiro atoms. The van der Waals surface area contributed by atoms with Gasteiger partial charge in [0, 0.05) is 6.54 Å². The first-order chi connectivity index (χ1) is 6.89. The molecule has 0 heterocycles. The van der Waals surface area contributed by atoms with Gasteiger partial charge in [0.05, 0.1) is 30.8 Å². The molecule has 0 saturated heterocycles. The van der Waals surface area contributed by atoms with Gasteiger partial charge in [0.1, 0.15) is 0 Å². The molecule has 0 aliphatic carbocycles. The van der Waals surface area contributed by atoms with Crippen LogP contribution in [0.5, 0.6) is 0 Å². The summed E-state index contributed by atoms with van der Waals surface area (Å²) in [4.78, 5) is 0. The maximum absolute atomic E-state index is 10.3. The summed E-state index contributed by atoms with van der Waals surface area (Å²) >= 11 is 0. The second-order valence-corrected chi connectivity index (χ2v) is 4.32. The zero-order valence-electron chi connectivity index (χ0n) is 8.00. The predicted molar refractivity (Wildman–Crippen MR) is 59.8 cm³/mol. The first kappa shape index (κ1) is 18.8. The molecule has 0 unspecified atom stereocenters. The zero-order chi connectivity index (χ0) is 11.9. The molecule has 0 fully saturated rings. The van der Waals surface area contributed by atoms with Gasteiger partial charge in [-0.15, -0.1) is 0 Å². The van der Waals surface area contributed by atoms with Gasteiger partial charge in [-0.3, -0.25) is 4.55 Å². The molecule has 0 aliphatic heterocycles. The monoisotopic (exact) mass is 265 g/mol. The summed E-state index contributed by atoms with van der Waals surface area (Å²) in [7, 11) is -4.17. The van der Waals surface area contributed by atoms with Crippen molar-refractivity contribution in [2.45, 2.75) is 5.54 Å². The van der Waals surface area contributed by atoms with Gasteiger partial charge >= 0.3 is 29.6 Å². The van der Waals surface area contributed by atoms with Gasteiger partial charge in [-0.05, 0) is 0 Å². The predicted octanol–water partition coefficient (Wildman–Crippen LogP) is -2.96. The molecule has 7 nitrogen and oxygen atoms in total. The Hall–Kier alpha value is 0.490. The van der Waals surface area contributed by atoms with Crippen molar-refractivity contribution in [3.8, 4) is 0 Å². The van der Waals surface area contributed by atoms with E-state index in [9.17, 15) is 8.42 Å². The number of aliphatic hydroxyl groups excluding tert-OH is 3. The summed E-state index contributed by atoms with van der Waals surface area (Å²) in [6, 6.07) is 0. The van der Waals surface area contributed by atoms with Gasteiger partial charge in [0.25, 0.3) is 10.1 Å². The van der Waals surface area contributed by atoms with Gasteiger partial charge in [-0.1, -0.05) is 6.08 Å². The van der Waals surface area contributed by atoms with Crippen molar-refractivity contribution < 1.29 is 28.3 Å². The third-order valence-electron chi connectivity index (χ3n) is 1.77. The minimum absolute atomic E-state index is 0. The third kappa shape index (κ3) is 7.71. The van der Waals surface area contributed by atoms with Crippen LogP contribution in [0.4, 0.5) is 0 Å². The molecule has 9 heteroatoms. The normalized spacial score (nSPS) is 12.8. The van der Waals surface area contributed by atoms with Crippen molar-refractivity contribution in [2.24, 2.45) is 0 Å². The zero-order valence-corrected chi connectivity index (χ0v) is 8.81. The number of nitrogens with one attached hydrogen (secondary N) is 1. The Morgan fingerprint density at radius 2 is 1.56 bits per heavy atom. The van der Waals surface area contributed by atoms with Crippen molar-refractivity contribution in [1.29, 1.82) is 0 Å².